The molecule has 0 spiro atoms. The lowest BCUT2D eigenvalue weighted by Crippen LogP contribution is -2.30. The topological polar surface area (TPSA) is 82.6 Å². The molecule has 6 nitrogen and oxygen atoms in total. The minimum atomic E-state index is -0.676. The fourth-order valence-corrected chi connectivity index (χ4v) is 5.15. The second-order valence-electron chi connectivity index (χ2n) is 9.46. The van der Waals surface area contributed by atoms with Gasteiger partial charge in [-0.15, -0.1) is 0 Å². The standard InChI is InChI=1S/C31H30N2O4/c1-4-16-33-28(26-20(3)32-24-13-9-8-12-23(24)26)27(30(35)31(33)36)29(34)22-14-15-25(19(2)17-22)37-18-21-10-6-5-7-11-21/h5-15,17,28,32,34H,4,16,18H2,1-3H3/b29-27+. The number of likely N-dealkylation sites (tertiary alicyclic amines) is 1. The van der Waals surface area contributed by atoms with Crippen LogP contribution in [0.5, 0.6) is 5.75 Å². The maximum Gasteiger partial charge on any atom is 0.295 e. The number of rotatable bonds is 7. The average Bonchev–Trinajstić information content (AvgIpc) is 3.36. The Bertz CT molecular complexity index is 1520. The number of carbonyl (C=O) groups is 2. The zero-order valence-electron chi connectivity index (χ0n) is 21.2. The number of aliphatic hydroxyl groups excluding tert-OH is 1. The molecule has 5 rings (SSSR count). The van der Waals surface area contributed by atoms with Crippen molar-refractivity contribution < 1.29 is 19.4 Å². The molecular formula is C31H30N2O4. The minimum absolute atomic E-state index is 0.114. The van der Waals surface area contributed by atoms with E-state index in [1.807, 2.05) is 75.4 Å². The number of aryl methyl sites for hydroxylation is 2. The molecule has 0 bridgehead atoms. The summed E-state index contributed by atoms with van der Waals surface area (Å²) in [6.45, 7) is 6.64. The molecule has 1 amide bonds. The number of hydrogen-bond donors (Lipinski definition) is 2. The first-order valence-electron chi connectivity index (χ1n) is 12.5. The summed E-state index contributed by atoms with van der Waals surface area (Å²) in [5, 5.41) is 12.4. The lowest BCUT2D eigenvalue weighted by Gasteiger charge is -2.25. The number of fused-ring (bicyclic) bond motifs is 1. The highest BCUT2D eigenvalue weighted by Gasteiger charge is 2.47. The van der Waals surface area contributed by atoms with Crippen LogP contribution in [0.3, 0.4) is 0 Å². The van der Waals surface area contributed by atoms with Gasteiger partial charge in [-0.25, -0.2) is 0 Å². The van der Waals surface area contributed by atoms with Gasteiger partial charge in [0.2, 0.25) is 0 Å². The molecule has 2 N–H and O–H groups in total. The summed E-state index contributed by atoms with van der Waals surface area (Å²) in [7, 11) is 0. The summed E-state index contributed by atoms with van der Waals surface area (Å²) < 4.78 is 5.98. The molecule has 37 heavy (non-hydrogen) atoms. The largest absolute Gasteiger partial charge is 0.507 e. The van der Waals surface area contributed by atoms with Gasteiger partial charge in [0, 0.05) is 34.3 Å². The number of aromatic nitrogens is 1. The summed E-state index contributed by atoms with van der Waals surface area (Å²) in [6.07, 6.45) is 0.692. The third-order valence-corrected chi connectivity index (χ3v) is 6.91. The zero-order valence-corrected chi connectivity index (χ0v) is 21.2. The summed E-state index contributed by atoms with van der Waals surface area (Å²) in [5.41, 5.74) is 5.09. The van der Waals surface area contributed by atoms with E-state index in [0.717, 1.165) is 33.3 Å². The Morgan fingerprint density at radius 2 is 1.73 bits per heavy atom. The zero-order chi connectivity index (χ0) is 26.1. The van der Waals surface area contributed by atoms with Gasteiger partial charge in [-0.2, -0.15) is 0 Å². The predicted octanol–water partition coefficient (Wildman–Crippen LogP) is 6.20. The second kappa shape index (κ2) is 9.97. The highest BCUT2D eigenvalue weighted by Crippen LogP contribution is 2.43. The van der Waals surface area contributed by atoms with Crippen LogP contribution in [0.1, 0.15) is 47.3 Å². The Morgan fingerprint density at radius 3 is 2.46 bits per heavy atom. The number of nitrogens with one attached hydrogen (secondary N) is 1. The second-order valence-corrected chi connectivity index (χ2v) is 9.46. The average molecular weight is 495 g/mol. The van der Waals surface area contributed by atoms with Crippen LogP contribution in [0.2, 0.25) is 0 Å². The third kappa shape index (κ3) is 4.40. The molecule has 0 radical (unpaired) electrons. The molecule has 1 atom stereocenters. The predicted molar refractivity (Wildman–Crippen MR) is 144 cm³/mol. The first-order chi connectivity index (χ1) is 17.9. The highest BCUT2D eigenvalue weighted by molar-refractivity contribution is 6.46. The van der Waals surface area contributed by atoms with Crippen LogP contribution in [-0.2, 0) is 16.2 Å². The maximum atomic E-state index is 13.3. The number of H-pyrrole nitrogens is 1. The number of para-hydroxylation sites is 1. The van der Waals surface area contributed by atoms with Gasteiger partial charge in [-0.05, 0) is 55.7 Å². The molecule has 0 saturated carbocycles. The van der Waals surface area contributed by atoms with Gasteiger partial charge < -0.3 is 19.7 Å². The Balaban J connectivity index is 1.57. The van der Waals surface area contributed by atoms with Crippen molar-refractivity contribution in [2.75, 3.05) is 6.54 Å². The number of amides is 1. The van der Waals surface area contributed by atoms with Crippen molar-refractivity contribution in [3.8, 4) is 5.75 Å². The molecule has 1 aliphatic heterocycles. The molecule has 3 aromatic carbocycles. The van der Waals surface area contributed by atoms with E-state index in [-0.39, 0.29) is 11.3 Å². The number of nitrogens with zero attached hydrogens (tertiary/aromatic N) is 1. The van der Waals surface area contributed by atoms with Crippen molar-refractivity contribution in [1.29, 1.82) is 0 Å². The Kier molecular flexibility index (Phi) is 6.57. The molecule has 1 saturated heterocycles. The summed E-state index contributed by atoms with van der Waals surface area (Å²) in [6, 6.07) is 22.3. The number of carbonyl (C=O) groups excluding carboxylic acids is 2. The van der Waals surface area contributed by atoms with Crippen LogP contribution >= 0.6 is 0 Å². The lowest BCUT2D eigenvalue weighted by molar-refractivity contribution is -0.139. The monoisotopic (exact) mass is 494 g/mol. The fourth-order valence-electron chi connectivity index (χ4n) is 5.15. The van der Waals surface area contributed by atoms with Gasteiger partial charge in [-0.3, -0.25) is 9.59 Å². The quantitative estimate of drug-likeness (QED) is 0.182. The van der Waals surface area contributed by atoms with Crippen LogP contribution < -0.4 is 4.74 Å². The number of Topliss-reactive ketones (excluding diaryl/α,β-unsaturated/α-hetero) is 1. The van der Waals surface area contributed by atoms with Crippen molar-refractivity contribution in [3.05, 3.63) is 106 Å². The van der Waals surface area contributed by atoms with E-state index in [0.29, 0.717) is 30.9 Å². The van der Waals surface area contributed by atoms with Gasteiger partial charge in [0.1, 0.15) is 18.1 Å². The van der Waals surface area contributed by atoms with E-state index in [1.54, 1.807) is 23.1 Å². The lowest BCUT2D eigenvalue weighted by atomic mass is 9.93. The summed E-state index contributed by atoms with van der Waals surface area (Å²) in [5.74, 6) is -0.736. The number of ketones is 1. The number of hydrogen-bond acceptors (Lipinski definition) is 4. The van der Waals surface area contributed by atoms with E-state index in [1.165, 1.54) is 0 Å². The molecule has 1 fully saturated rings. The fraction of sp³-hybridized carbons (Fsp3) is 0.226. The van der Waals surface area contributed by atoms with E-state index in [9.17, 15) is 14.7 Å². The number of ether oxygens (including phenoxy) is 1. The SMILES string of the molecule is CCCN1C(=O)C(=O)/C(=C(/O)c2ccc(OCc3ccccc3)c(C)c2)C1c1c(C)[nH]c2ccccc12. The Morgan fingerprint density at radius 1 is 1.00 bits per heavy atom. The van der Waals surface area contributed by atoms with Crippen molar-refractivity contribution in [2.45, 2.75) is 39.8 Å². The van der Waals surface area contributed by atoms with Crippen LogP contribution in [-0.4, -0.2) is 33.2 Å². The molecule has 2 heterocycles. The number of benzene rings is 3. The summed E-state index contributed by atoms with van der Waals surface area (Å²) >= 11 is 0. The summed E-state index contributed by atoms with van der Waals surface area (Å²) in [4.78, 5) is 31.4. The molecule has 1 unspecified atom stereocenters. The Labute approximate surface area is 216 Å². The van der Waals surface area contributed by atoms with Crippen LogP contribution in [0, 0.1) is 13.8 Å². The maximum absolute atomic E-state index is 13.3. The molecule has 6 heteroatoms. The van der Waals surface area contributed by atoms with Gasteiger partial charge in [0.25, 0.3) is 11.7 Å². The minimum Gasteiger partial charge on any atom is -0.507 e. The van der Waals surface area contributed by atoms with Crippen molar-refractivity contribution >= 4 is 28.4 Å². The van der Waals surface area contributed by atoms with Crippen LogP contribution in [0.15, 0.2) is 78.4 Å². The first-order valence-corrected chi connectivity index (χ1v) is 12.5. The molecule has 188 valence electrons. The first kappa shape index (κ1) is 24.4. The molecule has 1 aliphatic rings. The van der Waals surface area contributed by atoms with E-state index in [2.05, 4.69) is 4.98 Å². The van der Waals surface area contributed by atoms with Crippen molar-refractivity contribution in [2.24, 2.45) is 0 Å². The normalized spacial score (nSPS) is 17.1. The van der Waals surface area contributed by atoms with Crippen LogP contribution in [0.25, 0.3) is 16.7 Å². The van der Waals surface area contributed by atoms with Gasteiger partial charge in [0.15, 0.2) is 0 Å². The molecule has 4 aromatic rings. The smallest absolute Gasteiger partial charge is 0.295 e. The van der Waals surface area contributed by atoms with Crippen molar-refractivity contribution in [1.82, 2.24) is 9.88 Å². The molecule has 0 aliphatic carbocycles. The molecule has 1 aromatic heterocycles. The Hall–Kier alpha value is -4.32. The van der Waals surface area contributed by atoms with Gasteiger partial charge in [0.05, 0.1) is 11.6 Å². The highest BCUT2D eigenvalue weighted by atomic mass is 16.5. The molecular weight excluding hydrogens is 464 g/mol. The van der Waals surface area contributed by atoms with Crippen LogP contribution in [0.4, 0.5) is 0 Å². The van der Waals surface area contributed by atoms with Gasteiger partial charge >= 0.3 is 0 Å². The van der Waals surface area contributed by atoms with Gasteiger partial charge in [-0.1, -0.05) is 55.5 Å². The van der Waals surface area contributed by atoms with E-state index in [4.69, 9.17) is 4.74 Å². The number of aromatic amines is 1. The van der Waals surface area contributed by atoms with E-state index < -0.39 is 17.7 Å². The van der Waals surface area contributed by atoms with Crippen molar-refractivity contribution in [3.63, 3.8) is 0 Å². The number of aliphatic hydroxyl groups is 1. The third-order valence-electron chi connectivity index (χ3n) is 6.91. The van der Waals surface area contributed by atoms with E-state index >= 15 is 0 Å².